The molecule has 1 aromatic rings. The molecule has 0 radical (unpaired) electrons. The van der Waals surface area contributed by atoms with E-state index in [1.54, 1.807) is 0 Å². The summed E-state index contributed by atoms with van der Waals surface area (Å²) >= 11 is 0. The van der Waals surface area contributed by atoms with E-state index in [9.17, 15) is 0 Å². The van der Waals surface area contributed by atoms with E-state index in [-0.39, 0.29) is 0 Å². The molecule has 86 valence electrons. The van der Waals surface area contributed by atoms with Crippen molar-refractivity contribution in [3.8, 4) is 0 Å². The molecule has 1 aromatic carbocycles. The average molecular weight is 215 g/mol. The maximum absolute atomic E-state index is 2.50. The fourth-order valence-electron chi connectivity index (χ4n) is 2.47. The van der Waals surface area contributed by atoms with Gasteiger partial charge >= 0.3 is 0 Å². The molecule has 0 aromatic heterocycles. The van der Waals surface area contributed by atoms with Crippen LogP contribution in [0, 0.1) is 0 Å². The van der Waals surface area contributed by atoms with Crippen LogP contribution in [0.15, 0.2) is 42.1 Å². The largest absolute Gasteiger partial charge is 0.375 e. The second kappa shape index (κ2) is 5.20. The van der Waals surface area contributed by atoms with E-state index >= 15 is 0 Å². The molecular formula is C15H21N. The van der Waals surface area contributed by atoms with Crippen LogP contribution in [0.5, 0.6) is 0 Å². The Morgan fingerprint density at radius 3 is 2.38 bits per heavy atom. The van der Waals surface area contributed by atoms with Gasteiger partial charge in [-0.05, 0) is 38.2 Å². The Morgan fingerprint density at radius 2 is 1.81 bits per heavy atom. The highest BCUT2D eigenvalue weighted by Gasteiger charge is 2.19. The predicted octanol–water partition coefficient (Wildman–Crippen LogP) is 3.79. The minimum Gasteiger partial charge on any atom is -0.375 e. The monoisotopic (exact) mass is 215 g/mol. The number of rotatable bonds is 2. The molecule has 0 amide bonds. The molecule has 1 aliphatic heterocycles. The minimum atomic E-state index is 0.766. The van der Waals surface area contributed by atoms with Gasteiger partial charge in [-0.25, -0.2) is 0 Å². The van der Waals surface area contributed by atoms with Crippen LogP contribution in [0.4, 0.5) is 0 Å². The fourth-order valence-corrected chi connectivity index (χ4v) is 2.47. The Balaban J connectivity index is 1.96. The average Bonchev–Trinajstić information content (AvgIpc) is 2.39. The number of likely N-dealkylation sites (tertiary alicyclic amines) is 1. The lowest BCUT2D eigenvalue weighted by molar-refractivity contribution is 0.263. The topological polar surface area (TPSA) is 3.24 Å². The van der Waals surface area contributed by atoms with Gasteiger partial charge in [-0.2, -0.15) is 0 Å². The van der Waals surface area contributed by atoms with E-state index in [0.29, 0.717) is 0 Å². The van der Waals surface area contributed by atoms with Crippen molar-refractivity contribution in [1.82, 2.24) is 4.90 Å². The van der Waals surface area contributed by atoms with Gasteiger partial charge in [0.1, 0.15) is 0 Å². The molecule has 1 aliphatic rings. The molecule has 0 aliphatic carbocycles. The number of hydrogen-bond donors (Lipinski definition) is 0. The van der Waals surface area contributed by atoms with Crippen LogP contribution in [-0.2, 0) is 0 Å². The van der Waals surface area contributed by atoms with E-state index in [4.69, 9.17) is 0 Å². The lowest BCUT2D eigenvalue weighted by Crippen LogP contribution is -2.31. The first-order valence-corrected chi connectivity index (χ1v) is 6.24. The number of allylic oxidation sites excluding steroid dienone is 2. The van der Waals surface area contributed by atoms with E-state index in [1.807, 2.05) is 0 Å². The van der Waals surface area contributed by atoms with Crippen molar-refractivity contribution >= 4 is 0 Å². The van der Waals surface area contributed by atoms with Gasteiger partial charge in [0.2, 0.25) is 0 Å². The number of piperidine rings is 1. The van der Waals surface area contributed by atoms with Crippen molar-refractivity contribution in [1.29, 1.82) is 0 Å². The molecule has 0 atom stereocenters. The number of benzene rings is 1. The highest BCUT2D eigenvalue weighted by Crippen LogP contribution is 2.28. The van der Waals surface area contributed by atoms with Gasteiger partial charge in [-0.3, -0.25) is 0 Å². The summed E-state index contributed by atoms with van der Waals surface area (Å²) in [6, 6.07) is 10.9. The molecule has 0 bridgehead atoms. The Bertz CT molecular complexity index is 345. The lowest BCUT2D eigenvalue weighted by Gasteiger charge is -2.34. The minimum absolute atomic E-state index is 0.766. The summed E-state index contributed by atoms with van der Waals surface area (Å²) in [5.74, 6) is 0.766. The molecule has 2 rings (SSSR count). The summed E-state index contributed by atoms with van der Waals surface area (Å²) in [6.07, 6.45) is 4.78. The molecule has 16 heavy (non-hydrogen) atoms. The standard InChI is InChI=1S/C15H21N/c1-3-13(2)16-11-9-15(10-12-16)14-7-5-4-6-8-14/h3-8,15H,9-12H2,1-2H3. The van der Waals surface area contributed by atoms with Gasteiger partial charge in [-0.15, -0.1) is 0 Å². The van der Waals surface area contributed by atoms with Gasteiger partial charge in [0, 0.05) is 18.8 Å². The van der Waals surface area contributed by atoms with Crippen molar-refractivity contribution in [2.75, 3.05) is 13.1 Å². The Kier molecular flexibility index (Phi) is 3.66. The summed E-state index contributed by atoms with van der Waals surface area (Å²) in [6.45, 7) is 6.74. The number of hydrogen-bond acceptors (Lipinski definition) is 1. The van der Waals surface area contributed by atoms with Crippen molar-refractivity contribution in [3.05, 3.63) is 47.7 Å². The van der Waals surface area contributed by atoms with Crippen LogP contribution >= 0.6 is 0 Å². The summed E-state index contributed by atoms with van der Waals surface area (Å²) in [5, 5.41) is 0. The van der Waals surface area contributed by atoms with Crippen LogP contribution in [0.2, 0.25) is 0 Å². The van der Waals surface area contributed by atoms with Crippen LogP contribution < -0.4 is 0 Å². The molecule has 1 fully saturated rings. The maximum atomic E-state index is 2.50. The summed E-state index contributed by atoms with van der Waals surface area (Å²) in [7, 11) is 0. The molecule has 0 N–H and O–H groups in total. The third-order valence-corrected chi connectivity index (χ3v) is 3.68. The normalized spacial score (nSPS) is 18.9. The second-order valence-electron chi connectivity index (χ2n) is 4.60. The summed E-state index contributed by atoms with van der Waals surface area (Å²) < 4.78 is 0. The zero-order valence-electron chi connectivity index (χ0n) is 10.3. The van der Waals surface area contributed by atoms with Crippen molar-refractivity contribution in [2.45, 2.75) is 32.6 Å². The molecule has 1 heterocycles. The smallest absolute Gasteiger partial charge is 0.0180 e. The van der Waals surface area contributed by atoms with E-state index in [0.717, 1.165) is 5.92 Å². The summed E-state index contributed by atoms with van der Waals surface area (Å²) in [5.41, 5.74) is 2.94. The van der Waals surface area contributed by atoms with E-state index in [1.165, 1.54) is 37.2 Å². The van der Waals surface area contributed by atoms with Crippen LogP contribution in [0.25, 0.3) is 0 Å². The third kappa shape index (κ3) is 2.46. The van der Waals surface area contributed by atoms with Crippen molar-refractivity contribution in [2.24, 2.45) is 0 Å². The van der Waals surface area contributed by atoms with E-state index < -0.39 is 0 Å². The Labute approximate surface area is 98.8 Å². The lowest BCUT2D eigenvalue weighted by atomic mass is 9.89. The molecular weight excluding hydrogens is 194 g/mol. The SMILES string of the molecule is CC=C(C)N1CCC(c2ccccc2)CC1. The van der Waals surface area contributed by atoms with Crippen molar-refractivity contribution in [3.63, 3.8) is 0 Å². The van der Waals surface area contributed by atoms with Gasteiger partial charge < -0.3 is 4.90 Å². The van der Waals surface area contributed by atoms with Gasteiger partial charge in [0.15, 0.2) is 0 Å². The number of nitrogens with zero attached hydrogens (tertiary/aromatic N) is 1. The van der Waals surface area contributed by atoms with Crippen molar-refractivity contribution < 1.29 is 0 Å². The maximum Gasteiger partial charge on any atom is 0.0180 e. The molecule has 1 heteroatoms. The first kappa shape index (κ1) is 11.3. The molecule has 0 unspecified atom stereocenters. The van der Waals surface area contributed by atoms with Crippen LogP contribution in [0.3, 0.4) is 0 Å². The van der Waals surface area contributed by atoms with Gasteiger partial charge in [0.25, 0.3) is 0 Å². The first-order chi connectivity index (χ1) is 7.81. The quantitative estimate of drug-likeness (QED) is 0.725. The summed E-state index contributed by atoms with van der Waals surface area (Å²) in [4.78, 5) is 2.50. The Hall–Kier alpha value is -1.24. The molecule has 1 nitrogen and oxygen atoms in total. The van der Waals surface area contributed by atoms with Crippen LogP contribution in [-0.4, -0.2) is 18.0 Å². The fraction of sp³-hybridized carbons (Fsp3) is 0.467. The molecule has 0 spiro atoms. The van der Waals surface area contributed by atoms with Gasteiger partial charge in [-0.1, -0.05) is 36.4 Å². The van der Waals surface area contributed by atoms with Gasteiger partial charge in [0.05, 0.1) is 0 Å². The highest BCUT2D eigenvalue weighted by molar-refractivity contribution is 5.20. The molecule has 1 saturated heterocycles. The zero-order chi connectivity index (χ0) is 11.4. The second-order valence-corrected chi connectivity index (χ2v) is 4.60. The zero-order valence-corrected chi connectivity index (χ0v) is 10.3. The highest BCUT2D eigenvalue weighted by atomic mass is 15.1. The van der Waals surface area contributed by atoms with Crippen LogP contribution in [0.1, 0.15) is 38.2 Å². The first-order valence-electron chi connectivity index (χ1n) is 6.24. The van der Waals surface area contributed by atoms with E-state index in [2.05, 4.69) is 55.2 Å². The predicted molar refractivity (Wildman–Crippen MR) is 69.4 cm³/mol. The third-order valence-electron chi connectivity index (χ3n) is 3.68. The Morgan fingerprint density at radius 1 is 1.19 bits per heavy atom. The molecule has 0 saturated carbocycles.